The number of aromatic amines is 1. The van der Waals surface area contributed by atoms with Crippen molar-refractivity contribution in [2.75, 3.05) is 6.79 Å². The van der Waals surface area contributed by atoms with Crippen LogP contribution >= 0.6 is 0 Å². The molecule has 2 atom stereocenters. The molecule has 4 rings (SSSR count). The van der Waals surface area contributed by atoms with Gasteiger partial charge in [0.2, 0.25) is 0 Å². The standard InChI is InChI=1S/C18H19FN4O3/c1-10-5-15(19)12(7-14(10)17-20-22-23-21-17)6-11(2)18-4-3-13(24)8-16(18)25-9-26-18/h5,7-8,11H,3-4,6,9H2,1-2H3,(H,20,21,22,23)/t11-,18+/m0/s1. The molecule has 2 heterocycles. The molecule has 1 aromatic carbocycles. The van der Waals surface area contributed by atoms with E-state index >= 15 is 0 Å². The fourth-order valence-corrected chi connectivity index (χ4v) is 3.81. The Morgan fingerprint density at radius 1 is 1.42 bits per heavy atom. The second-order valence-corrected chi connectivity index (χ2v) is 6.88. The first-order chi connectivity index (χ1) is 12.5. The first-order valence-corrected chi connectivity index (χ1v) is 8.54. The molecule has 1 aliphatic carbocycles. The van der Waals surface area contributed by atoms with Gasteiger partial charge in [0, 0.05) is 18.1 Å². The Bertz CT molecular complexity index is 881. The van der Waals surface area contributed by atoms with E-state index in [1.165, 1.54) is 12.1 Å². The number of fused-ring (bicyclic) bond motifs is 1. The second kappa shape index (κ2) is 6.28. The quantitative estimate of drug-likeness (QED) is 0.903. The molecular formula is C18H19FN4O3. The predicted octanol–water partition coefficient (Wildman–Crippen LogP) is 2.48. The van der Waals surface area contributed by atoms with Gasteiger partial charge in [0.05, 0.1) is 0 Å². The largest absolute Gasteiger partial charge is 0.469 e. The fourth-order valence-electron chi connectivity index (χ4n) is 3.81. The summed E-state index contributed by atoms with van der Waals surface area (Å²) >= 11 is 0. The summed E-state index contributed by atoms with van der Waals surface area (Å²) in [6.45, 7) is 3.93. The minimum Gasteiger partial charge on any atom is -0.469 e. The highest BCUT2D eigenvalue weighted by Gasteiger charge is 2.49. The molecule has 1 fully saturated rings. The SMILES string of the molecule is Cc1cc(F)c(C[C@H](C)[C@]23CCC(=O)C=C2OCO3)cc1-c1nnn[nH]1. The molecule has 2 aromatic rings. The lowest BCUT2D eigenvalue weighted by atomic mass is 9.76. The van der Waals surface area contributed by atoms with Crippen molar-refractivity contribution in [3.8, 4) is 11.4 Å². The van der Waals surface area contributed by atoms with Crippen LogP contribution < -0.4 is 0 Å². The molecule has 26 heavy (non-hydrogen) atoms. The lowest BCUT2D eigenvalue weighted by molar-refractivity contribution is -0.117. The van der Waals surface area contributed by atoms with Crippen molar-refractivity contribution >= 4 is 5.78 Å². The highest BCUT2D eigenvalue weighted by Crippen LogP contribution is 2.44. The third-order valence-electron chi connectivity index (χ3n) is 5.30. The summed E-state index contributed by atoms with van der Waals surface area (Å²) in [5, 5.41) is 13.8. The number of tetrazole rings is 1. The van der Waals surface area contributed by atoms with Crippen LogP contribution in [-0.2, 0) is 20.7 Å². The Kier molecular flexibility index (Phi) is 4.07. The van der Waals surface area contributed by atoms with E-state index in [0.29, 0.717) is 36.4 Å². The Labute approximate surface area is 149 Å². The van der Waals surface area contributed by atoms with E-state index < -0.39 is 5.60 Å². The molecule has 1 N–H and O–H groups in total. The Balaban J connectivity index is 1.66. The average Bonchev–Trinajstić information content (AvgIpc) is 3.27. The summed E-state index contributed by atoms with van der Waals surface area (Å²) in [5.41, 5.74) is 1.39. The van der Waals surface area contributed by atoms with Crippen molar-refractivity contribution in [2.45, 2.75) is 38.7 Å². The van der Waals surface area contributed by atoms with Crippen LogP contribution in [0.2, 0.25) is 0 Å². The minimum atomic E-state index is -0.667. The van der Waals surface area contributed by atoms with Crippen LogP contribution in [0.3, 0.4) is 0 Å². The zero-order valence-electron chi connectivity index (χ0n) is 14.6. The van der Waals surface area contributed by atoms with Crippen LogP contribution in [0, 0.1) is 18.7 Å². The maximum Gasteiger partial charge on any atom is 0.189 e. The van der Waals surface area contributed by atoms with Crippen molar-refractivity contribution in [1.82, 2.24) is 20.6 Å². The number of rotatable bonds is 4. The van der Waals surface area contributed by atoms with Gasteiger partial charge in [0.15, 0.2) is 18.4 Å². The second-order valence-electron chi connectivity index (χ2n) is 6.88. The zero-order chi connectivity index (χ0) is 18.3. The number of ether oxygens (including phenoxy) is 2. The first-order valence-electron chi connectivity index (χ1n) is 8.54. The average molecular weight is 358 g/mol. The molecule has 2 aliphatic rings. The van der Waals surface area contributed by atoms with E-state index in [0.717, 1.165) is 11.1 Å². The lowest BCUT2D eigenvalue weighted by Crippen LogP contribution is -2.41. The van der Waals surface area contributed by atoms with Crippen LogP contribution in [0.25, 0.3) is 11.4 Å². The number of halogens is 1. The van der Waals surface area contributed by atoms with Crippen LogP contribution in [0.1, 0.15) is 30.9 Å². The number of benzene rings is 1. The maximum atomic E-state index is 14.6. The molecule has 0 saturated carbocycles. The summed E-state index contributed by atoms with van der Waals surface area (Å²) in [6.07, 6.45) is 2.91. The van der Waals surface area contributed by atoms with E-state index in [1.807, 2.05) is 13.8 Å². The molecule has 8 heteroatoms. The summed E-state index contributed by atoms with van der Waals surface area (Å²) in [4.78, 5) is 11.7. The van der Waals surface area contributed by atoms with Gasteiger partial charge in [-0.25, -0.2) is 9.49 Å². The van der Waals surface area contributed by atoms with Gasteiger partial charge in [-0.2, -0.15) is 0 Å². The van der Waals surface area contributed by atoms with Gasteiger partial charge in [-0.05, 0) is 59.4 Å². The van der Waals surface area contributed by atoms with Gasteiger partial charge in [-0.1, -0.05) is 6.92 Å². The molecule has 0 amide bonds. The number of aryl methyl sites for hydroxylation is 1. The van der Waals surface area contributed by atoms with Crippen LogP contribution in [0.15, 0.2) is 24.0 Å². The van der Waals surface area contributed by atoms with Crippen molar-refractivity contribution in [3.63, 3.8) is 0 Å². The van der Waals surface area contributed by atoms with Crippen molar-refractivity contribution in [1.29, 1.82) is 0 Å². The minimum absolute atomic E-state index is 0.0370. The van der Waals surface area contributed by atoms with Crippen molar-refractivity contribution < 1.29 is 18.7 Å². The molecule has 1 saturated heterocycles. The number of H-pyrrole nitrogens is 1. The van der Waals surface area contributed by atoms with Crippen molar-refractivity contribution in [3.05, 3.63) is 40.9 Å². The first kappa shape index (κ1) is 16.8. The van der Waals surface area contributed by atoms with Gasteiger partial charge in [-0.15, -0.1) is 5.10 Å². The lowest BCUT2D eigenvalue weighted by Gasteiger charge is -2.35. The summed E-state index contributed by atoms with van der Waals surface area (Å²) in [7, 11) is 0. The van der Waals surface area contributed by atoms with E-state index in [1.54, 1.807) is 6.07 Å². The van der Waals surface area contributed by atoms with Crippen LogP contribution in [0.4, 0.5) is 4.39 Å². The van der Waals surface area contributed by atoms with E-state index in [9.17, 15) is 9.18 Å². The molecule has 1 aromatic heterocycles. The highest BCUT2D eigenvalue weighted by molar-refractivity contribution is 5.91. The van der Waals surface area contributed by atoms with E-state index in [-0.39, 0.29) is 24.3 Å². The third-order valence-corrected chi connectivity index (χ3v) is 5.30. The Hall–Kier alpha value is -2.61. The van der Waals surface area contributed by atoms with Gasteiger partial charge in [0.25, 0.3) is 0 Å². The summed E-state index contributed by atoms with van der Waals surface area (Å²) in [5.74, 6) is 0.753. The van der Waals surface area contributed by atoms with Gasteiger partial charge in [0.1, 0.15) is 17.2 Å². The van der Waals surface area contributed by atoms with E-state index in [4.69, 9.17) is 9.47 Å². The topological polar surface area (TPSA) is 90.0 Å². The Morgan fingerprint density at radius 3 is 3.04 bits per heavy atom. The monoisotopic (exact) mass is 358 g/mol. The molecule has 7 nitrogen and oxygen atoms in total. The number of hydrogen-bond donors (Lipinski definition) is 1. The normalized spacial score (nSPS) is 23.3. The molecule has 0 spiro atoms. The predicted molar refractivity (Wildman–Crippen MR) is 89.3 cm³/mol. The maximum absolute atomic E-state index is 14.6. The zero-order valence-corrected chi connectivity index (χ0v) is 14.6. The number of hydrogen-bond acceptors (Lipinski definition) is 6. The third kappa shape index (κ3) is 2.70. The van der Waals surface area contributed by atoms with Crippen molar-refractivity contribution in [2.24, 2.45) is 5.92 Å². The molecule has 0 radical (unpaired) electrons. The number of aromatic nitrogens is 4. The number of carbonyl (C=O) groups is 1. The smallest absolute Gasteiger partial charge is 0.189 e. The molecule has 136 valence electrons. The highest BCUT2D eigenvalue weighted by atomic mass is 19.1. The number of carbonyl (C=O) groups excluding carboxylic acids is 1. The van der Waals surface area contributed by atoms with Crippen LogP contribution in [-0.4, -0.2) is 38.8 Å². The van der Waals surface area contributed by atoms with Gasteiger partial charge < -0.3 is 9.47 Å². The molecule has 0 bridgehead atoms. The Morgan fingerprint density at radius 2 is 2.27 bits per heavy atom. The number of nitrogens with one attached hydrogen (secondary N) is 1. The number of allylic oxidation sites excluding steroid dienone is 1. The summed E-state index contributed by atoms with van der Waals surface area (Å²) < 4.78 is 26.0. The number of nitrogens with zero attached hydrogens (tertiary/aromatic N) is 3. The molecular weight excluding hydrogens is 339 g/mol. The summed E-state index contributed by atoms with van der Waals surface area (Å²) in [6, 6.07) is 3.26. The number of ketones is 1. The molecule has 0 unspecified atom stereocenters. The van der Waals surface area contributed by atoms with E-state index in [2.05, 4.69) is 20.6 Å². The molecule has 1 aliphatic heterocycles. The fraction of sp³-hybridized carbons (Fsp3) is 0.444. The van der Waals surface area contributed by atoms with Gasteiger partial charge >= 0.3 is 0 Å². The van der Waals surface area contributed by atoms with Crippen LogP contribution in [0.5, 0.6) is 0 Å². The van der Waals surface area contributed by atoms with Gasteiger partial charge in [-0.3, -0.25) is 4.79 Å².